The fourth-order valence-corrected chi connectivity index (χ4v) is 2.67. The molecule has 1 amide bonds. The maximum Gasteiger partial charge on any atom is 0.573 e. The maximum atomic E-state index is 12.5. The lowest BCUT2D eigenvalue weighted by Gasteiger charge is -2.13. The summed E-state index contributed by atoms with van der Waals surface area (Å²) >= 11 is 0. The summed E-state index contributed by atoms with van der Waals surface area (Å²) < 4.78 is 61.8. The lowest BCUT2D eigenvalue weighted by atomic mass is 10.1. The number of carbonyl (C=O) groups excluding carboxylic acids is 2. The second kappa shape index (κ2) is 11.7. The third kappa shape index (κ3) is 7.95. The number of para-hydroxylation sites is 1. The van der Waals surface area contributed by atoms with Crippen molar-refractivity contribution in [1.29, 1.82) is 0 Å². The van der Waals surface area contributed by atoms with E-state index in [1.807, 2.05) is 0 Å². The SMILES string of the molecule is COc1cc(/C=C/C(=O)OCC(=O)NCc2ccccc2OC(F)(F)F)cc(OC)c1OC. The smallest absolute Gasteiger partial charge is 0.493 e. The van der Waals surface area contributed by atoms with E-state index in [-0.39, 0.29) is 12.1 Å². The predicted molar refractivity (Wildman–Crippen MR) is 111 cm³/mol. The lowest BCUT2D eigenvalue weighted by Crippen LogP contribution is -2.28. The van der Waals surface area contributed by atoms with Crippen LogP contribution < -0.4 is 24.3 Å². The van der Waals surface area contributed by atoms with Gasteiger partial charge in [-0.25, -0.2) is 4.79 Å². The Morgan fingerprint density at radius 2 is 1.61 bits per heavy atom. The molecule has 0 aliphatic heterocycles. The second-order valence-electron chi connectivity index (χ2n) is 6.33. The normalized spacial score (nSPS) is 11.1. The molecular weight excluding hydrogens is 447 g/mol. The van der Waals surface area contributed by atoms with Crippen LogP contribution in [-0.2, 0) is 20.9 Å². The summed E-state index contributed by atoms with van der Waals surface area (Å²) in [6, 6.07) is 8.58. The van der Waals surface area contributed by atoms with E-state index in [4.69, 9.17) is 18.9 Å². The molecule has 33 heavy (non-hydrogen) atoms. The highest BCUT2D eigenvalue weighted by atomic mass is 19.4. The first kappa shape index (κ1) is 25.4. The van der Waals surface area contributed by atoms with E-state index in [0.717, 1.165) is 12.1 Å². The number of methoxy groups -OCH3 is 3. The van der Waals surface area contributed by atoms with E-state index in [1.165, 1.54) is 45.6 Å². The molecule has 2 rings (SSSR count). The molecule has 0 aromatic heterocycles. The van der Waals surface area contributed by atoms with E-state index in [2.05, 4.69) is 10.1 Å². The molecule has 0 unspecified atom stereocenters. The van der Waals surface area contributed by atoms with Crippen LogP contribution in [-0.4, -0.2) is 46.2 Å². The minimum atomic E-state index is -4.86. The number of rotatable bonds is 10. The Labute approximate surface area is 187 Å². The third-order valence-corrected chi connectivity index (χ3v) is 4.12. The number of nitrogens with one attached hydrogen (secondary N) is 1. The third-order valence-electron chi connectivity index (χ3n) is 4.12. The number of carbonyl (C=O) groups is 2. The van der Waals surface area contributed by atoms with Crippen LogP contribution in [0.4, 0.5) is 13.2 Å². The number of benzene rings is 2. The molecule has 0 saturated carbocycles. The summed E-state index contributed by atoms with van der Waals surface area (Å²) in [7, 11) is 4.36. The minimum absolute atomic E-state index is 0.108. The fourth-order valence-electron chi connectivity index (χ4n) is 2.67. The van der Waals surface area contributed by atoms with E-state index in [1.54, 1.807) is 12.1 Å². The molecule has 0 atom stereocenters. The second-order valence-corrected chi connectivity index (χ2v) is 6.33. The lowest BCUT2D eigenvalue weighted by molar-refractivity contribution is -0.274. The predicted octanol–water partition coefficient (Wildman–Crippen LogP) is 3.48. The van der Waals surface area contributed by atoms with E-state index >= 15 is 0 Å². The Hall–Kier alpha value is -3.89. The van der Waals surface area contributed by atoms with Crippen molar-refractivity contribution in [1.82, 2.24) is 5.32 Å². The van der Waals surface area contributed by atoms with Gasteiger partial charge in [0.2, 0.25) is 5.75 Å². The van der Waals surface area contributed by atoms with Crippen LogP contribution in [0.1, 0.15) is 11.1 Å². The van der Waals surface area contributed by atoms with Gasteiger partial charge < -0.3 is 29.0 Å². The van der Waals surface area contributed by atoms with Gasteiger partial charge >= 0.3 is 12.3 Å². The Bertz CT molecular complexity index is 981. The average Bonchev–Trinajstić information content (AvgIpc) is 2.78. The summed E-state index contributed by atoms with van der Waals surface area (Å²) in [5.41, 5.74) is 0.656. The van der Waals surface area contributed by atoms with Crippen LogP contribution in [0, 0.1) is 0 Å². The van der Waals surface area contributed by atoms with E-state index < -0.39 is 30.6 Å². The fraction of sp³-hybridized carbons (Fsp3) is 0.273. The van der Waals surface area contributed by atoms with E-state index in [9.17, 15) is 22.8 Å². The van der Waals surface area contributed by atoms with Crippen molar-refractivity contribution in [2.24, 2.45) is 0 Å². The summed E-state index contributed by atoms with van der Waals surface area (Å²) in [4.78, 5) is 23.8. The number of halogens is 3. The Morgan fingerprint density at radius 3 is 2.18 bits per heavy atom. The van der Waals surface area contributed by atoms with Crippen molar-refractivity contribution in [3.63, 3.8) is 0 Å². The van der Waals surface area contributed by atoms with Crippen molar-refractivity contribution >= 4 is 18.0 Å². The van der Waals surface area contributed by atoms with Gasteiger partial charge in [-0.15, -0.1) is 13.2 Å². The van der Waals surface area contributed by atoms with Crippen LogP contribution in [0.25, 0.3) is 6.08 Å². The Balaban J connectivity index is 1.90. The van der Waals surface area contributed by atoms with Crippen molar-refractivity contribution in [2.75, 3.05) is 27.9 Å². The molecule has 0 radical (unpaired) electrons. The molecular formula is C22H22F3NO7. The Morgan fingerprint density at radius 1 is 0.970 bits per heavy atom. The van der Waals surface area contributed by atoms with Gasteiger partial charge in [0.05, 0.1) is 21.3 Å². The Kier molecular flexibility index (Phi) is 8.96. The van der Waals surface area contributed by atoms with Crippen LogP contribution in [0.15, 0.2) is 42.5 Å². The highest BCUT2D eigenvalue weighted by Gasteiger charge is 2.32. The number of amides is 1. The van der Waals surface area contributed by atoms with Gasteiger partial charge in [0, 0.05) is 18.2 Å². The maximum absolute atomic E-state index is 12.5. The molecule has 2 aromatic rings. The minimum Gasteiger partial charge on any atom is -0.493 e. The summed E-state index contributed by atoms with van der Waals surface area (Å²) in [5.74, 6) is -0.779. The average molecular weight is 469 g/mol. The van der Waals surface area contributed by atoms with Gasteiger partial charge in [-0.2, -0.15) is 0 Å². The molecule has 11 heteroatoms. The van der Waals surface area contributed by atoms with Gasteiger partial charge in [0.25, 0.3) is 5.91 Å². The molecule has 0 saturated heterocycles. The number of ether oxygens (including phenoxy) is 5. The van der Waals surface area contributed by atoms with Gasteiger partial charge in [-0.05, 0) is 29.8 Å². The molecule has 178 valence electrons. The van der Waals surface area contributed by atoms with Gasteiger partial charge in [0.15, 0.2) is 18.1 Å². The molecule has 0 aliphatic carbocycles. The first-order chi connectivity index (χ1) is 15.7. The molecule has 8 nitrogen and oxygen atoms in total. The molecule has 0 heterocycles. The highest BCUT2D eigenvalue weighted by Crippen LogP contribution is 2.38. The number of hydrogen-bond acceptors (Lipinski definition) is 7. The zero-order chi connectivity index (χ0) is 24.4. The summed E-state index contributed by atoms with van der Waals surface area (Å²) in [6.07, 6.45) is -2.34. The van der Waals surface area contributed by atoms with E-state index in [0.29, 0.717) is 22.8 Å². The van der Waals surface area contributed by atoms with Crippen molar-refractivity contribution in [3.8, 4) is 23.0 Å². The van der Waals surface area contributed by atoms with Crippen molar-refractivity contribution in [2.45, 2.75) is 12.9 Å². The van der Waals surface area contributed by atoms with Crippen LogP contribution in [0.5, 0.6) is 23.0 Å². The zero-order valence-electron chi connectivity index (χ0n) is 18.0. The molecule has 0 aliphatic rings. The zero-order valence-corrected chi connectivity index (χ0v) is 18.0. The summed E-state index contributed by atoms with van der Waals surface area (Å²) in [6.45, 7) is -0.870. The molecule has 0 fully saturated rings. The summed E-state index contributed by atoms with van der Waals surface area (Å²) in [5, 5.41) is 2.36. The number of esters is 1. The van der Waals surface area contributed by atoms with Gasteiger partial charge in [0.1, 0.15) is 5.75 Å². The molecule has 1 N–H and O–H groups in total. The monoisotopic (exact) mass is 469 g/mol. The van der Waals surface area contributed by atoms with Crippen molar-refractivity contribution < 1.29 is 46.4 Å². The van der Waals surface area contributed by atoms with Crippen LogP contribution in [0.3, 0.4) is 0 Å². The van der Waals surface area contributed by atoms with Crippen LogP contribution >= 0.6 is 0 Å². The standard InChI is InChI=1S/C22H22F3NO7/c1-29-17-10-14(11-18(30-2)21(17)31-3)8-9-20(28)32-13-19(27)26-12-15-6-4-5-7-16(15)33-22(23,24)25/h4-11H,12-13H2,1-3H3,(H,26,27)/b9-8+. The molecule has 0 spiro atoms. The first-order valence-electron chi connectivity index (χ1n) is 9.42. The topological polar surface area (TPSA) is 92.3 Å². The molecule has 0 bridgehead atoms. The largest absolute Gasteiger partial charge is 0.573 e. The first-order valence-corrected chi connectivity index (χ1v) is 9.42. The van der Waals surface area contributed by atoms with Gasteiger partial charge in [-0.1, -0.05) is 18.2 Å². The van der Waals surface area contributed by atoms with Crippen molar-refractivity contribution in [3.05, 3.63) is 53.6 Å². The highest BCUT2D eigenvalue weighted by molar-refractivity contribution is 5.89. The van der Waals surface area contributed by atoms with Gasteiger partial charge in [-0.3, -0.25) is 4.79 Å². The number of hydrogen-bond donors (Lipinski definition) is 1. The van der Waals surface area contributed by atoms with Crippen LogP contribution in [0.2, 0.25) is 0 Å². The quantitative estimate of drug-likeness (QED) is 0.421. The molecule has 2 aromatic carbocycles. The number of alkyl halides is 3.